The fourth-order valence-electron chi connectivity index (χ4n) is 17.6. The molecule has 12 aromatic heterocycles. The van der Waals surface area contributed by atoms with Crippen LogP contribution in [0.15, 0.2) is 284 Å². The molecule has 24 rings (SSSR count). The molecule has 31 heteroatoms. The highest BCUT2D eigenvalue weighted by Gasteiger charge is 2.24. The Labute approximate surface area is 852 Å². The van der Waals surface area contributed by atoms with E-state index in [1.165, 1.54) is 141 Å². The Balaban J connectivity index is 0.000000111. The summed E-state index contributed by atoms with van der Waals surface area (Å²) >= 11 is 8.68. The summed E-state index contributed by atoms with van der Waals surface area (Å²) < 4.78 is 96.6. The third kappa shape index (κ3) is 20.3. The quantitative estimate of drug-likeness (QED) is 0.0179. The minimum Gasteiger partial charge on any atom is -0.477 e. The van der Waals surface area contributed by atoms with Gasteiger partial charge >= 0.3 is 0 Å². The zero-order valence-corrected chi connectivity index (χ0v) is 84.4. The summed E-state index contributed by atoms with van der Waals surface area (Å²) in [6.07, 6.45) is 6.97. The van der Waals surface area contributed by atoms with E-state index < -0.39 is 34.9 Å². The van der Waals surface area contributed by atoms with Crippen LogP contribution in [-0.4, -0.2) is 75.8 Å². The first kappa shape index (κ1) is 99.5. The van der Waals surface area contributed by atoms with E-state index in [4.69, 9.17) is 30.4 Å². The average molecular weight is 2060 g/mol. The van der Waals surface area contributed by atoms with Crippen LogP contribution in [0.2, 0.25) is 0 Å². The number of halogens is 6. The first-order valence-corrected chi connectivity index (χ1v) is 52.7. The molecule has 146 heavy (non-hydrogen) atoms. The van der Waals surface area contributed by atoms with Crippen molar-refractivity contribution < 1.29 is 31.1 Å². The molecule has 19 nitrogen and oxygen atoms in total. The minimum atomic E-state index is -0.419. The van der Waals surface area contributed by atoms with Gasteiger partial charge in [-0.1, -0.05) is 150 Å². The molecule has 7 N–H and O–H groups in total. The highest BCUT2D eigenvalue weighted by Crippen LogP contribution is 2.42. The number of anilines is 5. The SMILES string of the molecule is CCCCNc1nc2ccccc2c2c(=O)c3cc(F)ccc3sc12.CCCNCCCNc1nc2ccccc2c2c(=O)c3cc(F)ccc3sc12.CCCNc1nc2ccccc2c2c(=O)c3cc(F)ccc3sc12.CCCNc1nc2ccccc2c2c(=O)c3cc(F)ccc3sc12.CCCOc1nc2ccccc2c2c(=O)c3cc(F)ccc3sc12.Nc1nc2ccccc2c2c(=O)c3cc(F)ccc3sc12. The van der Waals surface area contributed by atoms with E-state index in [1.807, 2.05) is 153 Å². The number of hydrogen-bond donors (Lipinski definition) is 6. The second-order valence-corrected chi connectivity index (χ2v) is 40.8. The first-order chi connectivity index (χ1) is 71.1. The molecule has 12 aromatic carbocycles. The van der Waals surface area contributed by atoms with Gasteiger partial charge in [-0.3, -0.25) is 28.8 Å². The van der Waals surface area contributed by atoms with Crippen LogP contribution >= 0.6 is 68.0 Å². The van der Waals surface area contributed by atoms with Crippen molar-refractivity contribution in [2.24, 2.45) is 0 Å². The fraction of sp³-hybridized carbons (Fsp3) is 0.165. The molecule has 0 fully saturated rings. The van der Waals surface area contributed by atoms with E-state index in [-0.39, 0.29) is 32.6 Å². The van der Waals surface area contributed by atoms with Crippen molar-refractivity contribution in [3.05, 3.63) is 351 Å². The summed E-state index contributed by atoms with van der Waals surface area (Å²) in [5.74, 6) is 1.29. The summed E-state index contributed by atoms with van der Waals surface area (Å²) in [4.78, 5) is 106. The monoisotopic (exact) mass is 2060 g/mol. The molecule has 12 heterocycles. The molecule has 0 saturated heterocycles. The van der Waals surface area contributed by atoms with Crippen LogP contribution < -0.4 is 69.6 Å². The van der Waals surface area contributed by atoms with Gasteiger partial charge in [-0.15, -0.1) is 68.0 Å². The average Bonchev–Trinajstić information content (AvgIpc) is 0.767. The van der Waals surface area contributed by atoms with Crippen LogP contribution in [0.4, 0.5) is 55.4 Å². The minimum absolute atomic E-state index is 0.139. The summed E-state index contributed by atoms with van der Waals surface area (Å²) in [5, 5.41) is 27.5. The maximum atomic E-state index is 13.7. The van der Waals surface area contributed by atoms with Crippen LogP contribution in [-0.2, 0) is 0 Å². The first-order valence-electron chi connectivity index (χ1n) is 47.8. The number of pyridine rings is 6. The van der Waals surface area contributed by atoms with Crippen molar-refractivity contribution in [3.63, 3.8) is 0 Å². The van der Waals surface area contributed by atoms with Crippen LogP contribution in [0.3, 0.4) is 0 Å². The summed E-state index contributed by atoms with van der Waals surface area (Å²) in [6.45, 7) is 16.1. The lowest BCUT2D eigenvalue weighted by Gasteiger charge is -2.12. The van der Waals surface area contributed by atoms with Gasteiger partial charge in [-0.2, -0.15) is 0 Å². The van der Waals surface area contributed by atoms with E-state index in [1.54, 1.807) is 36.4 Å². The van der Waals surface area contributed by atoms with Gasteiger partial charge in [0.15, 0.2) is 32.6 Å². The number of ether oxygens (including phenoxy) is 1. The maximum Gasteiger partial charge on any atom is 0.232 e. The second kappa shape index (κ2) is 44.2. The van der Waals surface area contributed by atoms with Gasteiger partial charge in [0.1, 0.15) is 68.7 Å². The van der Waals surface area contributed by atoms with Gasteiger partial charge < -0.3 is 37.1 Å². The van der Waals surface area contributed by atoms with Crippen LogP contribution in [0, 0.1) is 34.9 Å². The lowest BCUT2D eigenvalue weighted by atomic mass is 10.1. The number of fused-ring (bicyclic) bond motifs is 24. The zero-order valence-electron chi connectivity index (χ0n) is 79.5. The highest BCUT2D eigenvalue weighted by molar-refractivity contribution is 7.27. The Kier molecular flexibility index (Phi) is 30.1. The molecule has 0 unspecified atom stereocenters. The summed E-state index contributed by atoms with van der Waals surface area (Å²) in [5.41, 5.74) is 9.49. The lowest BCUT2D eigenvalue weighted by molar-refractivity contribution is 0.311. The molecular weight excluding hydrogens is 1970 g/mol. The smallest absolute Gasteiger partial charge is 0.232 e. The van der Waals surface area contributed by atoms with Crippen molar-refractivity contribution in [1.29, 1.82) is 0 Å². The number of nitrogens with zero attached hydrogens (tertiary/aromatic N) is 6. The number of benzene rings is 12. The number of aromatic nitrogens is 6. The molecule has 0 saturated carbocycles. The van der Waals surface area contributed by atoms with Crippen LogP contribution in [0.25, 0.3) is 186 Å². The predicted molar refractivity (Wildman–Crippen MR) is 603 cm³/mol. The Morgan fingerprint density at radius 2 is 0.500 bits per heavy atom. The molecule has 732 valence electrons. The third-order valence-corrected chi connectivity index (χ3v) is 31.5. The number of unbranched alkanes of at least 4 members (excludes halogenated alkanes) is 1. The standard InChI is InChI=1S/C22H22FN3OS.C20H17FN2OS.2C19H15FN2OS.C19H14FNO2S.C16H9FN2OS/c1-2-10-24-11-5-12-25-22-21-19(15-6-3-4-7-17(15)26-22)20(27)16-13-14(23)8-9-18(16)28-21;1-2-3-10-22-20-19-17(13-6-4-5-7-15(13)23-20)18(24)14-11-12(21)8-9-16(14)25-19;2*1-2-9-21-19-18-16(12-5-3-4-6-14(12)22-19)17(23)13-10-11(20)7-8-15(13)24-18;1-2-9-23-19-18-16(12-5-3-4-6-14(12)21-19)17(22)13-10-11(20)7-8-15(13)24-18;17-8-5-6-12-10(7-8)14(20)13-9-3-1-2-4-11(9)19-16(18)15(13)21-12/h3-4,6-9,13,24H,2,5,10-12H2,1H3,(H,25,26);4-9,11H,2-3,10H2,1H3,(H,22,23);2*3-8,10H,2,9H2,1H3,(H,21,22);3-8,10H,2,9H2,1H3;1-7H,(H2,18,19). The van der Waals surface area contributed by atoms with Crippen molar-refractivity contribution in [3.8, 4) is 5.88 Å². The van der Waals surface area contributed by atoms with Gasteiger partial charge in [-0.05, 0) is 197 Å². The van der Waals surface area contributed by atoms with E-state index in [2.05, 4.69) is 64.2 Å². The second-order valence-electron chi connectivity index (χ2n) is 34.5. The molecule has 0 radical (unpaired) electrons. The van der Waals surface area contributed by atoms with Crippen molar-refractivity contribution in [2.45, 2.75) is 79.6 Å². The largest absolute Gasteiger partial charge is 0.477 e. The molecule has 0 aliphatic rings. The van der Waals surface area contributed by atoms with Crippen molar-refractivity contribution >= 4 is 284 Å². The van der Waals surface area contributed by atoms with Crippen molar-refractivity contribution in [1.82, 2.24) is 35.2 Å². The van der Waals surface area contributed by atoms with Gasteiger partial charge in [-0.25, -0.2) is 56.2 Å². The highest BCUT2D eigenvalue weighted by atomic mass is 32.1. The topological polar surface area (TPSA) is 275 Å². The predicted octanol–water partition coefficient (Wildman–Crippen LogP) is 28.6. The maximum absolute atomic E-state index is 13.7. The molecule has 24 aromatic rings. The number of para-hydroxylation sites is 6. The molecule has 0 aliphatic carbocycles. The normalized spacial score (nSPS) is 11.4. The Morgan fingerprint density at radius 3 is 0.788 bits per heavy atom. The number of rotatable bonds is 20. The Hall–Kier alpha value is -15.2. The zero-order chi connectivity index (χ0) is 102. The molecule has 0 aliphatic heterocycles. The molecular formula is C115H92F6N12O7S6. The van der Waals surface area contributed by atoms with Crippen molar-refractivity contribution in [2.75, 3.05) is 72.9 Å². The third-order valence-electron chi connectivity index (χ3n) is 24.4. The van der Waals surface area contributed by atoms with E-state index >= 15 is 0 Å². The van der Waals surface area contributed by atoms with Gasteiger partial charge in [0.05, 0.1) is 95.5 Å². The lowest BCUT2D eigenvalue weighted by Crippen LogP contribution is -2.19. The van der Waals surface area contributed by atoms with E-state index in [9.17, 15) is 55.1 Å². The van der Waals surface area contributed by atoms with E-state index in [0.717, 1.165) is 204 Å². The molecule has 0 bridgehead atoms. The summed E-state index contributed by atoms with van der Waals surface area (Å²) in [6, 6.07) is 71.2. The van der Waals surface area contributed by atoms with Gasteiger partial charge in [0.2, 0.25) is 5.88 Å². The Bertz CT molecular complexity index is 9270. The van der Waals surface area contributed by atoms with Gasteiger partial charge in [0.25, 0.3) is 0 Å². The molecule has 0 amide bonds. The van der Waals surface area contributed by atoms with Gasteiger partial charge in [0, 0.05) is 119 Å². The number of nitrogens with two attached hydrogens (primary N) is 1. The Morgan fingerprint density at radius 1 is 0.253 bits per heavy atom. The number of nitrogen functional groups attached to an aromatic ring is 1. The van der Waals surface area contributed by atoms with Crippen LogP contribution in [0.5, 0.6) is 5.88 Å². The fourth-order valence-corrected chi connectivity index (χ4v) is 24.3. The molecule has 0 spiro atoms. The summed E-state index contributed by atoms with van der Waals surface area (Å²) in [7, 11) is 0. The van der Waals surface area contributed by atoms with Crippen LogP contribution in [0.1, 0.15) is 79.6 Å². The van der Waals surface area contributed by atoms with E-state index in [0.29, 0.717) is 108 Å². The number of hydrogen-bond acceptors (Lipinski definition) is 25. The number of nitrogens with one attached hydrogen (secondary N) is 5. The molecule has 0 atom stereocenters.